The molecule has 0 saturated carbocycles. The number of ether oxygens (including phenoxy) is 4. The SMILES string of the molecule is C=CCc1ccc(OC2OC3C(CCCO)OC#CCC(O)C4CC2(OC(CCCCC)=CC4CCO)C(O)C3O)cc1. The highest BCUT2D eigenvalue weighted by Gasteiger charge is 2.63. The van der Waals surface area contributed by atoms with Gasteiger partial charge in [0.25, 0.3) is 0 Å². The van der Waals surface area contributed by atoms with Gasteiger partial charge in [-0.3, -0.25) is 0 Å². The molecule has 1 saturated heterocycles. The Labute approximate surface area is 255 Å². The van der Waals surface area contributed by atoms with Gasteiger partial charge in [-0.15, -0.1) is 6.58 Å². The molecule has 9 unspecified atom stereocenters. The average Bonchev–Trinajstić information content (AvgIpc) is 3.16. The van der Waals surface area contributed by atoms with Gasteiger partial charge < -0.3 is 44.5 Å². The van der Waals surface area contributed by atoms with Crippen LogP contribution in [0.2, 0.25) is 0 Å². The lowest BCUT2D eigenvalue weighted by Gasteiger charge is -2.52. The van der Waals surface area contributed by atoms with Crippen LogP contribution in [0.25, 0.3) is 0 Å². The average molecular weight is 601 g/mol. The summed E-state index contributed by atoms with van der Waals surface area (Å²) in [6.07, 6.45) is 4.87. The summed E-state index contributed by atoms with van der Waals surface area (Å²) < 4.78 is 25.6. The highest BCUT2D eigenvalue weighted by molar-refractivity contribution is 5.29. The lowest BCUT2D eigenvalue weighted by Crippen LogP contribution is -2.70. The van der Waals surface area contributed by atoms with E-state index in [4.69, 9.17) is 18.9 Å². The van der Waals surface area contributed by atoms with Crippen molar-refractivity contribution in [1.29, 1.82) is 0 Å². The van der Waals surface area contributed by atoms with Gasteiger partial charge in [-0.25, -0.2) is 0 Å². The lowest BCUT2D eigenvalue weighted by molar-refractivity contribution is -0.336. The zero-order valence-corrected chi connectivity index (χ0v) is 25.1. The smallest absolute Gasteiger partial charge is 0.243 e. The van der Waals surface area contributed by atoms with Crippen LogP contribution in [0, 0.1) is 23.9 Å². The summed E-state index contributed by atoms with van der Waals surface area (Å²) >= 11 is 0. The Morgan fingerprint density at radius 1 is 1.07 bits per heavy atom. The zero-order valence-electron chi connectivity index (χ0n) is 25.1. The molecular weight excluding hydrogens is 552 g/mol. The van der Waals surface area contributed by atoms with Crippen molar-refractivity contribution in [2.24, 2.45) is 11.8 Å². The predicted molar refractivity (Wildman–Crippen MR) is 161 cm³/mol. The van der Waals surface area contributed by atoms with Crippen LogP contribution in [0.15, 0.2) is 48.8 Å². The fraction of sp³-hybridized carbons (Fsp3) is 0.647. The molecule has 9 atom stereocenters. The number of unbranched alkanes of at least 4 members (excludes halogenated alkanes) is 2. The molecule has 9 nitrogen and oxygen atoms in total. The van der Waals surface area contributed by atoms with Gasteiger partial charge in [0.05, 0.1) is 11.9 Å². The summed E-state index contributed by atoms with van der Waals surface area (Å²) in [6, 6.07) is 7.47. The number of benzene rings is 1. The third-order valence-corrected chi connectivity index (χ3v) is 8.80. The topological polar surface area (TPSA) is 138 Å². The minimum absolute atomic E-state index is 0.0839. The van der Waals surface area contributed by atoms with E-state index < -0.39 is 48.3 Å². The molecule has 1 aromatic rings. The molecule has 0 aliphatic carbocycles. The van der Waals surface area contributed by atoms with E-state index in [1.54, 1.807) is 0 Å². The van der Waals surface area contributed by atoms with Crippen molar-refractivity contribution in [1.82, 2.24) is 0 Å². The third-order valence-electron chi connectivity index (χ3n) is 8.80. The van der Waals surface area contributed by atoms with E-state index in [2.05, 4.69) is 25.5 Å². The fourth-order valence-corrected chi connectivity index (χ4v) is 6.45. The van der Waals surface area contributed by atoms with Crippen LogP contribution in [0.1, 0.15) is 70.3 Å². The van der Waals surface area contributed by atoms with Crippen molar-refractivity contribution in [2.45, 2.75) is 114 Å². The van der Waals surface area contributed by atoms with E-state index >= 15 is 0 Å². The molecule has 4 aliphatic heterocycles. The maximum atomic E-state index is 12.0. The molecule has 1 spiro atoms. The van der Waals surface area contributed by atoms with E-state index in [0.717, 1.165) is 24.8 Å². The highest BCUT2D eigenvalue weighted by Crippen LogP contribution is 2.47. The number of aliphatic hydroxyl groups excluding tert-OH is 5. The number of aliphatic hydroxyl groups is 5. The van der Waals surface area contributed by atoms with Gasteiger partial charge in [0.2, 0.25) is 6.29 Å². The van der Waals surface area contributed by atoms with Crippen LogP contribution < -0.4 is 4.74 Å². The highest BCUT2D eigenvalue weighted by atomic mass is 16.7. The Balaban J connectivity index is 1.83. The molecule has 5 rings (SSSR count). The first-order valence-corrected chi connectivity index (χ1v) is 15.7. The molecule has 43 heavy (non-hydrogen) atoms. The Bertz CT molecular complexity index is 1110. The number of rotatable bonds is 13. The summed E-state index contributed by atoms with van der Waals surface area (Å²) in [5.41, 5.74) is -0.548. The first kappa shape index (κ1) is 33.3. The molecule has 5 N–H and O–H groups in total. The van der Waals surface area contributed by atoms with Gasteiger partial charge in [-0.05, 0) is 67.7 Å². The summed E-state index contributed by atoms with van der Waals surface area (Å²) in [5.74, 6) is 3.21. The molecule has 4 aliphatic rings. The van der Waals surface area contributed by atoms with Crippen molar-refractivity contribution in [3.63, 3.8) is 0 Å². The van der Waals surface area contributed by atoms with E-state index in [0.29, 0.717) is 43.6 Å². The van der Waals surface area contributed by atoms with Crippen molar-refractivity contribution in [3.8, 4) is 17.8 Å². The van der Waals surface area contributed by atoms with Crippen molar-refractivity contribution < 1.29 is 44.5 Å². The van der Waals surface area contributed by atoms with Crippen molar-refractivity contribution in [3.05, 3.63) is 54.3 Å². The Hall–Kier alpha value is -2.58. The fourth-order valence-electron chi connectivity index (χ4n) is 6.45. The maximum absolute atomic E-state index is 12.0. The van der Waals surface area contributed by atoms with Crippen molar-refractivity contribution >= 4 is 0 Å². The maximum Gasteiger partial charge on any atom is 0.243 e. The summed E-state index contributed by atoms with van der Waals surface area (Å²) in [5, 5.41) is 54.6. The number of allylic oxidation sites excluding steroid dienone is 3. The quantitative estimate of drug-likeness (QED) is 0.131. The molecule has 0 radical (unpaired) electrons. The molecule has 238 valence electrons. The lowest BCUT2D eigenvalue weighted by atomic mass is 9.72. The predicted octanol–water partition coefficient (Wildman–Crippen LogP) is 3.36. The van der Waals surface area contributed by atoms with E-state index in [1.165, 1.54) is 0 Å². The second-order valence-electron chi connectivity index (χ2n) is 11.9. The van der Waals surface area contributed by atoms with Crippen LogP contribution in [-0.2, 0) is 20.6 Å². The first-order chi connectivity index (χ1) is 20.9. The third kappa shape index (κ3) is 7.93. The van der Waals surface area contributed by atoms with Gasteiger partial charge in [0.15, 0.2) is 5.60 Å². The van der Waals surface area contributed by atoms with E-state index in [1.807, 2.05) is 36.4 Å². The molecule has 1 fully saturated rings. The standard InChI is InChI=1S/C34H48O9/c1-3-5-6-10-26-21-24(17-19-36)27-22-34(43-26)32(39)30(38)31(29(12-7-18-35)40-20-8-11-28(27)37)42-33(34)41-25-15-13-23(9-4-2)14-16-25/h4,13-16,21,24,27-33,35-39H,2-3,5-7,9-12,17-19,22H2,1H3. The Morgan fingerprint density at radius 3 is 2.56 bits per heavy atom. The van der Waals surface area contributed by atoms with Crippen LogP contribution in [0.4, 0.5) is 0 Å². The molecule has 3 bridgehead atoms. The Morgan fingerprint density at radius 2 is 1.86 bits per heavy atom. The monoisotopic (exact) mass is 600 g/mol. The number of hydrogen-bond donors (Lipinski definition) is 5. The normalized spacial score (nSPS) is 33.8. The molecule has 9 heteroatoms. The van der Waals surface area contributed by atoms with Gasteiger partial charge >= 0.3 is 0 Å². The second-order valence-corrected chi connectivity index (χ2v) is 11.9. The number of fused-ring (bicyclic) bond motifs is 6. The van der Waals surface area contributed by atoms with E-state index in [-0.39, 0.29) is 32.0 Å². The van der Waals surface area contributed by atoms with Gasteiger partial charge in [0, 0.05) is 32.5 Å². The Kier molecular flexibility index (Phi) is 12.3. The molecule has 1 aromatic carbocycles. The summed E-state index contributed by atoms with van der Waals surface area (Å²) in [6.45, 7) is 5.72. The van der Waals surface area contributed by atoms with Gasteiger partial charge in [-0.1, -0.05) is 43.9 Å². The van der Waals surface area contributed by atoms with Gasteiger partial charge in [-0.2, -0.15) is 0 Å². The molecule has 0 amide bonds. The van der Waals surface area contributed by atoms with Crippen LogP contribution in [0.3, 0.4) is 0 Å². The zero-order chi connectivity index (χ0) is 30.8. The minimum Gasteiger partial charge on any atom is -0.483 e. The molecular formula is C34H48O9. The van der Waals surface area contributed by atoms with Crippen LogP contribution in [-0.4, -0.2) is 81.2 Å². The second kappa shape index (κ2) is 15.9. The van der Waals surface area contributed by atoms with Gasteiger partial charge in [0.1, 0.15) is 36.3 Å². The summed E-state index contributed by atoms with van der Waals surface area (Å²) in [7, 11) is 0. The van der Waals surface area contributed by atoms with Crippen molar-refractivity contribution in [2.75, 3.05) is 13.2 Å². The number of hydrogen-bond acceptors (Lipinski definition) is 9. The largest absolute Gasteiger partial charge is 0.483 e. The van der Waals surface area contributed by atoms with E-state index in [9.17, 15) is 25.5 Å². The molecule has 0 aromatic heterocycles. The van der Waals surface area contributed by atoms with Crippen LogP contribution >= 0.6 is 0 Å². The summed E-state index contributed by atoms with van der Waals surface area (Å²) in [4.78, 5) is 0. The first-order valence-electron chi connectivity index (χ1n) is 15.7. The van der Waals surface area contributed by atoms with Crippen LogP contribution in [0.5, 0.6) is 5.75 Å². The molecule has 4 heterocycles. The minimum atomic E-state index is -1.60.